The van der Waals surface area contributed by atoms with Crippen LogP contribution < -0.4 is 10.5 Å². The van der Waals surface area contributed by atoms with Crippen LogP contribution in [-0.2, 0) is 0 Å². The van der Waals surface area contributed by atoms with Crippen LogP contribution in [0.15, 0.2) is 22.7 Å². The zero-order valence-corrected chi connectivity index (χ0v) is 11.9. The average Bonchev–Trinajstić information content (AvgIpc) is 2.35. The van der Waals surface area contributed by atoms with Crippen LogP contribution in [0.5, 0.6) is 5.75 Å². The third-order valence-corrected chi connectivity index (χ3v) is 4.45. The SMILES string of the molecule is CCC1CCCC(Oc2cccc(N)c2Br)C1. The van der Waals surface area contributed by atoms with Crippen molar-refractivity contribution in [2.45, 2.75) is 45.1 Å². The zero-order valence-electron chi connectivity index (χ0n) is 10.3. The molecule has 0 bridgehead atoms. The van der Waals surface area contributed by atoms with Crippen LogP contribution in [0.2, 0.25) is 0 Å². The van der Waals surface area contributed by atoms with E-state index in [-0.39, 0.29) is 0 Å². The third-order valence-electron chi connectivity index (χ3n) is 3.60. The Balaban J connectivity index is 2.02. The van der Waals surface area contributed by atoms with Gasteiger partial charge in [-0.2, -0.15) is 0 Å². The first-order chi connectivity index (χ1) is 8.20. The standard InChI is InChI=1S/C14H20BrNO/c1-2-10-5-3-6-11(9-10)17-13-8-4-7-12(16)14(13)15/h4,7-8,10-11H,2-3,5-6,9,16H2,1H3. The Morgan fingerprint density at radius 3 is 3.00 bits per heavy atom. The largest absolute Gasteiger partial charge is 0.489 e. The molecule has 0 spiro atoms. The highest BCUT2D eigenvalue weighted by Crippen LogP contribution is 2.34. The molecule has 0 amide bonds. The van der Waals surface area contributed by atoms with E-state index < -0.39 is 0 Å². The van der Waals surface area contributed by atoms with Gasteiger partial charge in [0.05, 0.1) is 10.6 Å². The van der Waals surface area contributed by atoms with E-state index in [9.17, 15) is 0 Å². The highest BCUT2D eigenvalue weighted by atomic mass is 79.9. The Morgan fingerprint density at radius 2 is 2.24 bits per heavy atom. The quantitative estimate of drug-likeness (QED) is 0.840. The lowest BCUT2D eigenvalue weighted by Crippen LogP contribution is -2.25. The van der Waals surface area contributed by atoms with E-state index in [1.165, 1.54) is 25.7 Å². The molecule has 1 aromatic rings. The van der Waals surface area contributed by atoms with E-state index in [1.54, 1.807) is 0 Å². The Hall–Kier alpha value is -0.700. The lowest BCUT2D eigenvalue weighted by Gasteiger charge is -2.29. The number of nitrogen functional groups attached to an aromatic ring is 1. The van der Waals surface area contributed by atoms with Crippen molar-refractivity contribution < 1.29 is 4.74 Å². The van der Waals surface area contributed by atoms with Gasteiger partial charge in [-0.3, -0.25) is 0 Å². The molecular formula is C14H20BrNO. The van der Waals surface area contributed by atoms with Crippen LogP contribution in [0, 0.1) is 5.92 Å². The third kappa shape index (κ3) is 3.15. The van der Waals surface area contributed by atoms with Gasteiger partial charge >= 0.3 is 0 Å². The number of anilines is 1. The first-order valence-corrected chi connectivity index (χ1v) is 7.20. The maximum atomic E-state index is 6.07. The van der Waals surface area contributed by atoms with Gasteiger partial charge in [-0.1, -0.05) is 25.8 Å². The number of halogens is 1. The molecule has 2 N–H and O–H groups in total. The fourth-order valence-corrected chi connectivity index (χ4v) is 2.88. The molecule has 0 radical (unpaired) electrons. The molecule has 1 fully saturated rings. The molecule has 1 saturated carbocycles. The number of ether oxygens (including phenoxy) is 1. The first-order valence-electron chi connectivity index (χ1n) is 6.41. The predicted molar refractivity (Wildman–Crippen MR) is 75.2 cm³/mol. The van der Waals surface area contributed by atoms with E-state index in [0.717, 1.165) is 28.2 Å². The summed E-state index contributed by atoms with van der Waals surface area (Å²) in [5, 5.41) is 0. The molecule has 2 unspecified atom stereocenters. The van der Waals surface area contributed by atoms with E-state index in [4.69, 9.17) is 10.5 Å². The van der Waals surface area contributed by atoms with E-state index >= 15 is 0 Å². The van der Waals surface area contributed by atoms with Crippen LogP contribution in [0.3, 0.4) is 0 Å². The Kier molecular flexibility index (Phi) is 4.32. The second kappa shape index (κ2) is 5.76. The van der Waals surface area contributed by atoms with Crippen LogP contribution in [-0.4, -0.2) is 6.10 Å². The van der Waals surface area contributed by atoms with Crippen LogP contribution in [0.25, 0.3) is 0 Å². The highest BCUT2D eigenvalue weighted by molar-refractivity contribution is 9.10. The molecule has 2 atom stereocenters. The van der Waals surface area contributed by atoms with Crippen molar-refractivity contribution in [3.63, 3.8) is 0 Å². The fraction of sp³-hybridized carbons (Fsp3) is 0.571. The summed E-state index contributed by atoms with van der Waals surface area (Å²) < 4.78 is 6.96. The molecular weight excluding hydrogens is 278 g/mol. The lowest BCUT2D eigenvalue weighted by molar-refractivity contribution is 0.121. The van der Waals surface area contributed by atoms with Gasteiger partial charge < -0.3 is 10.5 Å². The summed E-state index contributed by atoms with van der Waals surface area (Å²) in [6, 6.07) is 5.80. The Morgan fingerprint density at radius 1 is 1.41 bits per heavy atom. The summed E-state index contributed by atoms with van der Waals surface area (Å²) in [5.41, 5.74) is 6.59. The van der Waals surface area contributed by atoms with Gasteiger partial charge in [-0.25, -0.2) is 0 Å². The van der Waals surface area contributed by atoms with Gasteiger partial charge in [0.1, 0.15) is 5.75 Å². The second-order valence-electron chi connectivity index (χ2n) is 4.84. The normalized spacial score (nSPS) is 24.6. The number of hydrogen-bond acceptors (Lipinski definition) is 2. The van der Waals surface area contributed by atoms with Crippen LogP contribution in [0.1, 0.15) is 39.0 Å². The minimum absolute atomic E-state index is 0.354. The van der Waals surface area contributed by atoms with Gasteiger partial charge in [0.25, 0.3) is 0 Å². The summed E-state index contributed by atoms with van der Waals surface area (Å²) in [6.45, 7) is 2.27. The van der Waals surface area contributed by atoms with Gasteiger partial charge in [-0.05, 0) is 53.2 Å². The van der Waals surface area contributed by atoms with Gasteiger partial charge in [-0.15, -0.1) is 0 Å². The summed E-state index contributed by atoms with van der Waals surface area (Å²) in [6.07, 6.45) is 6.59. The van der Waals surface area contributed by atoms with Gasteiger partial charge in [0, 0.05) is 5.69 Å². The van der Waals surface area contributed by atoms with Crippen molar-refractivity contribution in [3.8, 4) is 5.75 Å². The highest BCUT2D eigenvalue weighted by Gasteiger charge is 2.22. The molecule has 0 aromatic heterocycles. The molecule has 2 rings (SSSR count). The van der Waals surface area contributed by atoms with E-state index in [1.807, 2.05) is 18.2 Å². The summed E-state index contributed by atoms with van der Waals surface area (Å²) in [7, 11) is 0. The molecule has 0 aliphatic heterocycles. The average molecular weight is 298 g/mol. The van der Waals surface area contributed by atoms with Crippen molar-refractivity contribution in [1.29, 1.82) is 0 Å². The maximum absolute atomic E-state index is 6.07. The van der Waals surface area contributed by atoms with Crippen molar-refractivity contribution >= 4 is 21.6 Å². The Labute approximate surface area is 112 Å². The molecule has 1 aliphatic carbocycles. The molecule has 2 nitrogen and oxygen atoms in total. The number of rotatable bonds is 3. The maximum Gasteiger partial charge on any atom is 0.135 e. The Bertz CT molecular complexity index is 380. The van der Waals surface area contributed by atoms with Crippen molar-refractivity contribution in [1.82, 2.24) is 0 Å². The number of benzene rings is 1. The summed E-state index contributed by atoms with van der Waals surface area (Å²) >= 11 is 3.49. The fourth-order valence-electron chi connectivity index (χ4n) is 2.52. The summed E-state index contributed by atoms with van der Waals surface area (Å²) in [4.78, 5) is 0. The lowest BCUT2D eigenvalue weighted by atomic mass is 9.85. The minimum atomic E-state index is 0.354. The van der Waals surface area contributed by atoms with Crippen LogP contribution >= 0.6 is 15.9 Å². The molecule has 1 aromatic carbocycles. The molecule has 0 saturated heterocycles. The van der Waals surface area contributed by atoms with Crippen molar-refractivity contribution in [2.24, 2.45) is 5.92 Å². The smallest absolute Gasteiger partial charge is 0.135 e. The van der Waals surface area contributed by atoms with Crippen LogP contribution in [0.4, 0.5) is 5.69 Å². The second-order valence-corrected chi connectivity index (χ2v) is 5.63. The molecule has 3 heteroatoms. The topological polar surface area (TPSA) is 35.2 Å². The van der Waals surface area contributed by atoms with Crippen molar-refractivity contribution in [3.05, 3.63) is 22.7 Å². The number of hydrogen-bond donors (Lipinski definition) is 1. The zero-order chi connectivity index (χ0) is 12.3. The van der Waals surface area contributed by atoms with E-state index in [2.05, 4.69) is 22.9 Å². The molecule has 17 heavy (non-hydrogen) atoms. The number of nitrogens with two attached hydrogens (primary N) is 1. The summed E-state index contributed by atoms with van der Waals surface area (Å²) in [5.74, 6) is 1.71. The molecule has 0 heterocycles. The first kappa shape index (κ1) is 12.7. The molecule has 1 aliphatic rings. The monoisotopic (exact) mass is 297 g/mol. The van der Waals surface area contributed by atoms with Gasteiger partial charge in [0.15, 0.2) is 0 Å². The molecule has 94 valence electrons. The van der Waals surface area contributed by atoms with Gasteiger partial charge in [0.2, 0.25) is 0 Å². The predicted octanol–water partition coefficient (Wildman–Crippen LogP) is 4.38. The van der Waals surface area contributed by atoms with E-state index in [0.29, 0.717) is 6.10 Å². The minimum Gasteiger partial charge on any atom is -0.489 e. The van der Waals surface area contributed by atoms with Crippen molar-refractivity contribution in [2.75, 3.05) is 5.73 Å².